The standard InChI is InChI=1S/C25H26N4O2S/c1-15-9-17(13-27-12-15)18-11-21(32-14-18)24(2)25(22(30)29(3)23(26)28-24)8-7-16-10-19(31-4)5-6-20(16)25/h5-6,9-14H,7-8H2,1-4H3,(H2,26,28)/t24-,25?/m1/s1. The second-order valence-corrected chi connectivity index (χ2v) is 9.70. The molecule has 2 aromatic heterocycles. The van der Waals surface area contributed by atoms with E-state index in [4.69, 9.17) is 15.5 Å². The Morgan fingerprint density at radius 1 is 1.19 bits per heavy atom. The molecule has 5 rings (SSSR count). The van der Waals surface area contributed by atoms with E-state index in [2.05, 4.69) is 22.5 Å². The van der Waals surface area contributed by atoms with Crippen LogP contribution in [0.25, 0.3) is 11.1 Å². The van der Waals surface area contributed by atoms with Crippen LogP contribution in [0, 0.1) is 6.92 Å². The molecule has 0 bridgehead atoms. The van der Waals surface area contributed by atoms with Crippen LogP contribution in [-0.4, -0.2) is 35.9 Å². The minimum absolute atomic E-state index is 0.0106. The number of thiophene rings is 1. The van der Waals surface area contributed by atoms with E-state index in [0.29, 0.717) is 6.42 Å². The Labute approximate surface area is 191 Å². The van der Waals surface area contributed by atoms with Gasteiger partial charge in [-0.3, -0.25) is 14.7 Å². The molecule has 1 unspecified atom stereocenters. The van der Waals surface area contributed by atoms with Crippen molar-refractivity contribution in [3.63, 3.8) is 0 Å². The lowest BCUT2D eigenvalue weighted by Crippen LogP contribution is -2.62. The number of carbonyl (C=O) groups is 1. The number of methoxy groups -OCH3 is 1. The molecule has 0 saturated heterocycles. The minimum atomic E-state index is -0.820. The van der Waals surface area contributed by atoms with E-state index >= 15 is 0 Å². The number of fused-ring (bicyclic) bond motifs is 2. The summed E-state index contributed by atoms with van der Waals surface area (Å²) in [6.07, 6.45) is 5.17. The number of pyridine rings is 1. The highest BCUT2D eigenvalue weighted by Gasteiger charge is 2.62. The molecule has 7 heteroatoms. The lowest BCUT2D eigenvalue weighted by atomic mass is 9.64. The lowest BCUT2D eigenvalue weighted by Gasteiger charge is -2.48. The molecule has 1 spiro atoms. The number of hydrogen-bond acceptors (Lipinski definition) is 6. The first kappa shape index (κ1) is 20.7. The van der Waals surface area contributed by atoms with Gasteiger partial charge in [0, 0.05) is 29.9 Å². The Morgan fingerprint density at radius 3 is 2.75 bits per heavy atom. The maximum absolute atomic E-state index is 13.9. The Morgan fingerprint density at radius 2 is 2.00 bits per heavy atom. The van der Waals surface area contributed by atoms with Crippen molar-refractivity contribution in [1.82, 2.24) is 9.88 Å². The minimum Gasteiger partial charge on any atom is -0.497 e. The van der Waals surface area contributed by atoms with Gasteiger partial charge in [-0.15, -0.1) is 11.3 Å². The summed E-state index contributed by atoms with van der Waals surface area (Å²) in [5.74, 6) is 1.04. The normalized spacial score (nSPS) is 24.6. The zero-order valence-electron chi connectivity index (χ0n) is 18.7. The number of benzene rings is 1. The maximum atomic E-state index is 13.9. The van der Waals surface area contributed by atoms with E-state index in [1.54, 1.807) is 25.5 Å². The molecule has 1 aliphatic carbocycles. The number of aromatic nitrogens is 1. The van der Waals surface area contributed by atoms with Crippen LogP contribution >= 0.6 is 11.3 Å². The van der Waals surface area contributed by atoms with E-state index in [1.807, 2.05) is 44.4 Å². The molecule has 32 heavy (non-hydrogen) atoms. The van der Waals surface area contributed by atoms with Crippen LogP contribution in [0.2, 0.25) is 0 Å². The van der Waals surface area contributed by atoms with Crippen molar-refractivity contribution in [2.24, 2.45) is 10.7 Å². The van der Waals surface area contributed by atoms with E-state index in [0.717, 1.165) is 44.9 Å². The summed E-state index contributed by atoms with van der Waals surface area (Å²) < 4.78 is 5.43. The molecule has 1 aliphatic heterocycles. The summed E-state index contributed by atoms with van der Waals surface area (Å²) in [6, 6.07) is 10.3. The Kier molecular flexibility index (Phi) is 4.64. The van der Waals surface area contributed by atoms with Crippen molar-refractivity contribution in [3.8, 4) is 16.9 Å². The summed E-state index contributed by atoms with van der Waals surface area (Å²) in [7, 11) is 3.37. The average Bonchev–Trinajstić information content (AvgIpc) is 3.43. The number of carbonyl (C=O) groups excluding carboxylic acids is 1. The lowest BCUT2D eigenvalue weighted by molar-refractivity contribution is -0.136. The van der Waals surface area contributed by atoms with Gasteiger partial charge in [0.25, 0.3) is 0 Å². The fraction of sp³-hybridized carbons (Fsp3) is 0.320. The first-order chi connectivity index (χ1) is 15.3. The van der Waals surface area contributed by atoms with Gasteiger partial charge in [0.2, 0.25) is 5.91 Å². The van der Waals surface area contributed by atoms with Gasteiger partial charge in [-0.1, -0.05) is 6.07 Å². The number of guanidine groups is 1. The van der Waals surface area contributed by atoms with Crippen molar-refractivity contribution in [2.75, 3.05) is 14.2 Å². The summed E-state index contributed by atoms with van der Waals surface area (Å²) in [5, 5.41) is 2.11. The molecule has 3 aromatic rings. The zero-order chi connectivity index (χ0) is 22.7. The number of amides is 1. The van der Waals surface area contributed by atoms with Crippen molar-refractivity contribution >= 4 is 23.2 Å². The Bertz CT molecular complexity index is 1270. The first-order valence-electron chi connectivity index (χ1n) is 10.6. The summed E-state index contributed by atoms with van der Waals surface area (Å²) in [6.45, 7) is 4.08. The third-order valence-corrected chi connectivity index (χ3v) is 8.15. The van der Waals surface area contributed by atoms with Crippen LogP contribution in [0.3, 0.4) is 0 Å². The Balaban J connectivity index is 1.71. The smallest absolute Gasteiger partial charge is 0.242 e. The molecule has 2 atom stereocenters. The first-order valence-corrected chi connectivity index (χ1v) is 11.5. The van der Waals surface area contributed by atoms with Gasteiger partial charge >= 0.3 is 0 Å². The van der Waals surface area contributed by atoms with Crippen molar-refractivity contribution < 1.29 is 9.53 Å². The molecule has 0 saturated carbocycles. The fourth-order valence-corrected chi connectivity index (χ4v) is 6.33. The van der Waals surface area contributed by atoms with E-state index in [1.165, 1.54) is 4.90 Å². The summed E-state index contributed by atoms with van der Waals surface area (Å²) in [4.78, 5) is 25.7. The molecule has 1 amide bonds. The molecular formula is C25H26N4O2S. The highest BCUT2D eigenvalue weighted by molar-refractivity contribution is 7.10. The molecule has 1 aromatic carbocycles. The highest BCUT2D eigenvalue weighted by Crippen LogP contribution is 2.57. The van der Waals surface area contributed by atoms with Crippen LogP contribution in [0.15, 0.2) is 53.1 Å². The SMILES string of the molecule is COc1ccc2c(c1)CCC21C(=O)N(C)C(N)=N[C@]1(C)c1cc(-c2cncc(C)c2)cs1. The predicted octanol–water partition coefficient (Wildman–Crippen LogP) is 4.01. The van der Waals surface area contributed by atoms with Crippen LogP contribution in [0.5, 0.6) is 5.75 Å². The largest absolute Gasteiger partial charge is 0.497 e. The predicted molar refractivity (Wildman–Crippen MR) is 127 cm³/mol. The molecule has 2 N–H and O–H groups in total. The van der Waals surface area contributed by atoms with Gasteiger partial charge < -0.3 is 10.5 Å². The third-order valence-electron chi connectivity index (χ3n) is 7.01. The van der Waals surface area contributed by atoms with Gasteiger partial charge in [0.15, 0.2) is 5.96 Å². The summed E-state index contributed by atoms with van der Waals surface area (Å²) >= 11 is 1.62. The highest BCUT2D eigenvalue weighted by atomic mass is 32.1. The quantitative estimate of drug-likeness (QED) is 0.659. The molecule has 0 fully saturated rings. The number of likely N-dealkylation sites (N-methyl/N-ethyl adjacent to an activating group) is 1. The van der Waals surface area contributed by atoms with E-state index in [9.17, 15) is 4.79 Å². The monoisotopic (exact) mass is 446 g/mol. The average molecular weight is 447 g/mol. The van der Waals surface area contributed by atoms with Gasteiger partial charge in [-0.2, -0.15) is 0 Å². The number of aliphatic imine (C=N–C) groups is 1. The molecular weight excluding hydrogens is 420 g/mol. The maximum Gasteiger partial charge on any atom is 0.242 e. The van der Waals surface area contributed by atoms with Gasteiger partial charge in [-0.05, 0) is 78.6 Å². The second kappa shape index (κ2) is 7.17. The van der Waals surface area contributed by atoms with E-state index in [-0.39, 0.29) is 11.9 Å². The van der Waals surface area contributed by atoms with Gasteiger partial charge in [0.05, 0.1) is 7.11 Å². The number of rotatable bonds is 3. The van der Waals surface area contributed by atoms with Crippen LogP contribution in [-0.2, 0) is 22.2 Å². The number of nitrogens with zero attached hydrogens (tertiary/aromatic N) is 3. The summed E-state index contributed by atoms with van der Waals surface area (Å²) in [5.41, 5.74) is 10.0. The topological polar surface area (TPSA) is 80.8 Å². The molecule has 0 radical (unpaired) electrons. The molecule has 164 valence electrons. The van der Waals surface area contributed by atoms with Gasteiger partial charge in [0.1, 0.15) is 16.7 Å². The van der Waals surface area contributed by atoms with Crippen molar-refractivity contribution in [3.05, 3.63) is 69.7 Å². The molecule has 2 aliphatic rings. The zero-order valence-corrected chi connectivity index (χ0v) is 19.5. The molecule has 3 heterocycles. The number of nitrogens with two attached hydrogens (primary N) is 1. The third kappa shape index (κ3) is 2.73. The van der Waals surface area contributed by atoms with Crippen LogP contribution < -0.4 is 10.5 Å². The van der Waals surface area contributed by atoms with Gasteiger partial charge in [-0.25, -0.2) is 4.99 Å². The fourth-order valence-electron chi connectivity index (χ4n) is 5.22. The van der Waals surface area contributed by atoms with Crippen LogP contribution in [0.1, 0.15) is 34.9 Å². The van der Waals surface area contributed by atoms with Crippen molar-refractivity contribution in [1.29, 1.82) is 0 Å². The Hall–Kier alpha value is -3.19. The number of hydrogen-bond donors (Lipinski definition) is 1. The van der Waals surface area contributed by atoms with Crippen LogP contribution in [0.4, 0.5) is 0 Å². The molecule has 6 nitrogen and oxygen atoms in total. The van der Waals surface area contributed by atoms with Crippen molar-refractivity contribution in [2.45, 2.75) is 37.6 Å². The number of ether oxygens (including phenoxy) is 1. The second-order valence-electron chi connectivity index (χ2n) is 8.79. The number of aryl methyl sites for hydroxylation is 2. The van der Waals surface area contributed by atoms with E-state index < -0.39 is 11.0 Å².